The molecule has 2 aromatic carbocycles. The number of carbonyl (C=O) groups is 1. The summed E-state index contributed by atoms with van der Waals surface area (Å²) in [6.07, 6.45) is -0.416. The first kappa shape index (κ1) is 29.5. The van der Waals surface area contributed by atoms with Crippen LogP contribution in [0.15, 0.2) is 36.4 Å². The summed E-state index contributed by atoms with van der Waals surface area (Å²) in [6.45, 7) is 0.683. The number of halogens is 3. The fourth-order valence-electron chi connectivity index (χ4n) is 5.50. The molecule has 1 saturated carbocycles. The SMILES string of the molecule is O=C(Nc1ccc2c(c1)N(S(=O)(=O)CC(F)(F)F)CC2)c1ccc(NS(=O)(=O)CCO)cc1N1CCC2(CC1)CC2. The maximum Gasteiger partial charge on any atom is 0.404 e. The lowest BCUT2D eigenvalue weighted by Crippen LogP contribution is -2.36. The van der Waals surface area contributed by atoms with Gasteiger partial charge in [-0.25, -0.2) is 16.8 Å². The first-order valence-electron chi connectivity index (χ1n) is 13.2. The third kappa shape index (κ3) is 6.72. The summed E-state index contributed by atoms with van der Waals surface area (Å²) in [5.41, 5.74) is 2.20. The second-order valence-corrected chi connectivity index (χ2v) is 14.6. The van der Waals surface area contributed by atoms with E-state index in [0.717, 1.165) is 17.1 Å². The molecule has 15 heteroatoms. The van der Waals surface area contributed by atoms with E-state index in [1.54, 1.807) is 18.2 Å². The van der Waals surface area contributed by atoms with Crippen molar-refractivity contribution in [3.05, 3.63) is 47.5 Å². The van der Waals surface area contributed by atoms with Gasteiger partial charge in [-0.2, -0.15) is 13.2 Å². The molecule has 0 atom stereocenters. The van der Waals surface area contributed by atoms with Gasteiger partial charge in [0.2, 0.25) is 20.0 Å². The van der Waals surface area contributed by atoms with Crippen molar-refractivity contribution in [1.29, 1.82) is 0 Å². The molecule has 0 aromatic heterocycles. The van der Waals surface area contributed by atoms with Crippen molar-refractivity contribution in [2.75, 3.05) is 57.0 Å². The van der Waals surface area contributed by atoms with Gasteiger partial charge in [-0.3, -0.25) is 13.8 Å². The number of nitrogens with one attached hydrogen (secondary N) is 2. The van der Waals surface area contributed by atoms with Crippen LogP contribution >= 0.6 is 0 Å². The van der Waals surface area contributed by atoms with E-state index >= 15 is 0 Å². The predicted molar refractivity (Wildman–Crippen MR) is 149 cm³/mol. The number of hydrogen-bond acceptors (Lipinski definition) is 7. The largest absolute Gasteiger partial charge is 0.404 e. The number of hydrogen-bond donors (Lipinski definition) is 3. The highest BCUT2D eigenvalue weighted by molar-refractivity contribution is 7.93. The molecule has 0 radical (unpaired) electrons. The maximum atomic E-state index is 13.5. The molecule has 1 aliphatic carbocycles. The van der Waals surface area contributed by atoms with Gasteiger partial charge in [0.05, 0.1) is 35.0 Å². The number of alkyl halides is 3. The van der Waals surface area contributed by atoms with Crippen LogP contribution < -0.4 is 19.2 Å². The average molecular weight is 617 g/mol. The van der Waals surface area contributed by atoms with Crippen molar-refractivity contribution >= 4 is 48.7 Å². The van der Waals surface area contributed by atoms with Crippen LogP contribution in [-0.2, 0) is 26.5 Å². The van der Waals surface area contributed by atoms with Crippen molar-refractivity contribution in [3.63, 3.8) is 0 Å². The van der Waals surface area contributed by atoms with Crippen molar-refractivity contribution in [2.24, 2.45) is 5.41 Å². The van der Waals surface area contributed by atoms with Crippen LogP contribution in [-0.4, -0.2) is 71.8 Å². The van der Waals surface area contributed by atoms with Gasteiger partial charge in [-0.05, 0) is 73.4 Å². The van der Waals surface area contributed by atoms with Crippen LogP contribution in [0.4, 0.5) is 35.9 Å². The van der Waals surface area contributed by atoms with Crippen LogP contribution in [0, 0.1) is 5.41 Å². The number of fused-ring (bicyclic) bond motifs is 1. The van der Waals surface area contributed by atoms with E-state index in [9.17, 15) is 34.8 Å². The van der Waals surface area contributed by atoms with Gasteiger partial charge in [0, 0.05) is 25.3 Å². The Bertz CT molecular complexity index is 1550. The van der Waals surface area contributed by atoms with Gasteiger partial charge in [0.25, 0.3) is 5.91 Å². The number of nitrogens with zero attached hydrogens (tertiary/aromatic N) is 2. The second kappa shape index (κ2) is 10.7. The molecule has 1 spiro atoms. The predicted octanol–water partition coefficient (Wildman–Crippen LogP) is 3.31. The summed E-state index contributed by atoms with van der Waals surface area (Å²) in [5, 5.41) is 11.8. The first-order valence-corrected chi connectivity index (χ1v) is 16.5. The molecule has 2 aliphatic heterocycles. The molecule has 0 unspecified atom stereocenters. The summed E-state index contributed by atoms with van der Waals surface area (Å²) < 4.78 is 91.2. The molecule has 3 N–H and O–H groups in total. The van der Waals surface area contributed by atoms with Crippen molar-refractivity contribution in [1.82, 2.24) is 0 Å². The highest BCUT2D eigenvalue weighted by atomic mass is 32.2. The van der Waals surface area contributed by atoms with E-state index in [4.69, 9.17) is 5.11 Å². The normalized spacial score (nSPS) is 18.3. The molecule has 224 valence electrons. The van der Waals surface area contributed by atoms with Crippen LogP contribution in [0.25, 0.3) is 0 Å². The van der Waals surface area contributed by atoms with Crippen molar-refractivity contribution < 1.29 is 39.9 Å². The van der Waals surface area contributed by atoms with Crippen LogP contribution in [0.2, 0.25) is 0 Å². The van der Waals surface area contributed by atoms with Gasteiger partial charge < -0.3 is 15.3 Å². The van der Waals surface area contributed by atoms with Crippen molar-refractivity contribution in [2.45, 2.75) is 38.3 Å². The monoisotopic (exact) mass is 616 g/mol. The minimum atomic E-state index is -4.89. The Kier molecular flexibility index (Phi) is 7.66. The highest BCUT2D eigenvalue weighted by Gasteiger charge is 2.45. The van der Waals surface area contributed by atoms with Crippen LogP contribution in [0.1, 0.15) is 41.6 Å². The number of benzene rings is 2. The third-order valence-corrected chi connectivity index (χ3v) is 10.9. The minimum Gasteiger partial charge on any atom is -0.395 e. The minimum absolute atomic E-state index is 0.0895. The Labute approximate surface area is 236 Å². The third-order valence-electron chi connectivity index (χ3n) is 7.88. The number of anilines is 4. The van der Waals surface area contributed by atoms with Crippen LogP contribution in [0.3, 0.4) is 0 Å². The Morgan fingerprint density at radius 2 is 1.59 bits per heavy atom. The lowest BCUT2D eigenvalue weighted by Gasteiger charge is -2.35. The Morgan fingerprint density at radius 3 is 2.22 bits per heavy atom. The lowest BCUT2D eigenvalue weighted by molar-refractivity contribution is -0.106. The first-order chi connectivity index (χ1) is 19.2. The molecular formula is C26H31F3N4O6S2. The number of aliphatic hydroxyl groups excluding tert-OH is 1. The molecule has 41 heavy (non-hydrogen) atoms. The number of aliphatic hydroxyl groups is 1. The summed E-state index contributed by atoms with van der Waals surface area (Å²) in [4.78, 5) is 15.5. The molecule has 5 rings (SSSR count). The van der Waals surface area contributed by atoms with Gasteiger partial charge in [-0.1, -0.05) is 6.07 Å². The maximum absolute atomic E-state index is 13.5. The fraction of sp³-hybridized carbons (Fsp3) is 0.500. The number of piperidine rings is 1. The quantitative estimate of drug-likeness (QED) is 0.393. The van der Waals surface area contributed by atoms with Crippen LogP contribution in [0.5, 0.6) is 0 Å². The summed E-state index contributed by atoms with van der Waals surface area (Å²) in [6, 6.07) is 8.98. The molecule has 0 bridgehead atoms. The number of rotatable bonds is 9. The molecule has 10 nitrogen and oxygen atoms in total. The zero-order chi connectivity index (χ0) is 29.6. The van der Waals surface area contributed by atoms with Gasteiger partial charge in [0.1, 0.15) is 0 Å². The van der Waals surface area contributed by atoms with E-state index < -0.39 is 50.2 Å². The summed E-state index contributed by atoms with van der Waals surface area (Å²) >= 11 is 0. The molecule has 3 aliphatic rings. The number of amides is 1. The smallest absolute Gasteiger partial charge is 0.395 e. The van der Waals surface area contributed by atoms with E-state index in [0.29, 0.717) is 29.8 Å². The van der Waals surface area contributed by atoms with E-state index in [1.807, 2.05) is 4.90 Å². The Balaban J connectivity index is 1.41. The number of sulfonamides is 2. The standard InChI is InChI=1S/C26H31F3N4O6S2/c27-26(28,29)17-41(38,39)33-10-5-18-1-2-19(15-22(18)33)30-24(35)21-4-3-20(31-40(36,37)14-13-34)16-23(21)32-11-8-25(6-7-25)9-12-32/h1-4,15-16,31,34H,5-14,17H2,(H,30,35). The van der Waals surface area contributed by atoms with E-state index in [1.165, 1.54) is 31.0 Å². The second-order valence-electron chi connectivity index (χ2n) is 10.9. The highest BCUT2D eigenvalue weighted by Crippen LogP contribution is 2.54. The average Bonchev–Trinajstić information content (AvgIpc) is 3.47. The molecule has 1 saturated heterocycles. The van der Waals surface area contributed by atoms with Gasteiger partial charge in [0.15, 0.2) is 5.75 Å². The number of carbonyl (C=O) groups excluding carboxylic acids is 1. The summed E-state index contributed by atoms with van der Waals surface area (Å²) in [7, 11) is -8.46. The molecule has 2 fully saturated rings. The molecule has 1 amide bonds. The lowest BCUT2D eigenvalue weighted by atomic mass is 9.93. The molecule has 2 heterocycles. The Hall–Kier alpha value is -3.04. The van der Waals surface area contributed by atoms with Crippen molar-refractivity contribution in [3.8, 4) is 0 Å². The zero-order valence-electron chi connectivity index (χ0n) is 22.1. The van der Waals surface area contributed by atoms with Gasteiger partial charge >= 0.3 is 6.18 Å². The van der Waals surface area contributed by atoms with E-state index in [-0.39, 0.29) is 35.6 Å². The topological polar surface area (TPSA) is 136 Å². The molecular weight excluding hydrogens is 585 g/mol. The van der Waals surface area contributed by atoms with Gasteiger partial charge in [-0.15, -0.1) is 0 Å². The summed E-state index contributed by atoms with van der Waals surface area (Å²) in [5.74, 6) is -3.01. The molecule has 2 aromatic rings. The Morgan fingerprint density at radius 1 is 0.927 bits per heavy atom. The zero-order valence-corrected chi connectivity index (χ0v) is 23.7. The van der Waals surface area contributed by atoms with E-state index in [2.05, 4.69) is 10.0 Å². The fourth-order valence-corrected chi connectivity index (χ4v) is 7.74.